The number of carbonyl (C=O) groups is 1. The normalized spacial score (nSPS) is 17.6. The highest BCUT2D eigenvalue weighted by atomic mass is 35.5. The Labute approximate surface area is 123 Å². The van der Waals surface area contributed by atoms with Crippen LogP contribution in [0.2, 0.25) is 5.02 Å². The summed E-state index contributed by atoms with van der Waals surface area (Å²) >= 11 is 5.92. The number of aryl methyl sites for hydroxylation is 1. The van der Waals surface area contributed by atoms with Crippen molar-refractivity contribution in [1.82, 2.24) is 0 Å². The van der Waals surface area contributed by atoms with Gasteiger partial charge in [-0.05, 0) is 36.6 Å². The molecule has 20 heavy (non-hydrogen) atoms. The Hall–Kier alpha value is -1.80. The fraction of sp³-hybridized carbons (Fsp3) is 0.235. The van der Waals surface area contributed by atoms with Crippen LogP contribution < -0.4 is 4.74 Å². The van der Waals surface area contributed by atoms with Gasteiger partial charge in [0.1, 0.15) is 5.75 Å². The van der Waals surface area contributed by atoms with E-state index in [0.29, 0.717) is 17.4 Å². The van der Waals surface area contributed by atoms with E-state index >= 15 is 0 Å². The Kier molecular flexibility index (Phi) is 3.75. The van der Waals surface area contributed by atoms with Gasteiger partial charge in [0.15, 0.2) is 5.78 Å². The molecule has 0 N–H and O–H groups in total. The molecule has 1 aliphatic rings. The molecule has 1 atom stereocenters. The second-order valence-corrected chi connectivity index (χ2v) is 5.46. The summed E-state index contributed by atoms with van der Waals surface area (Å²) in [6.07, 6.45) is 1.78. The molecule has 0 saturated carbocycles. The average molecular weight is 287 g/mol. The maximum atomic E-state index is 12.4. The summed E-state index contributed by atoms with van der Waals surface area (Å²) in [5, 5.41) is 0.641. The highest BCUT2D eigenvalue weighted by Gasteiger charge is 2.27. The van der Waals surface area contributed by atoms with Gasteiger partial charge in [0.25, 0.3) is 0 Å². The SMILES string of the molecule is O=C1c2ccccc2CCC1COc1cccc(Cl)c1. The summed E-state index contributed by atoms with van der Waals surface area (Å²) < 4.78 is 5.71. The second-order valence-electron chi connectivity index (χ2n) is 5.03. The summed E-state index contributed by atoms with van der Waals surface area (Å²) in [7, 11) is 0. The van der Waals surface area contributed by atoms with Gasteiger partial charge in [0, 0.05) is 10.6 Å². The van der Waals surface area contributed by atoms with Gasteiger partial charge in [-0.15, -0.1) is 0 Å². The largest absolute Gasteiger partial charge is 0.493 e. The lowest BCUT2D eigenvalue weighted by atomic mass is 9.83. The topological polar surface area (TPSA) is 26.3 Å². The molecule has 2 aromatic carbocycles. The van der Waals surface area contributed by atoms with Crippen molar-refractivity contribution in [3.05, 3.63) is 64.7 Å². The van der Waals surface area contributed by atoms with Crippen molar-refractivity contribution in [3.63, 3.8) is 0 Å². The third-order valence-electron chi connectivity index (χ3n) is 3.66. The van der Waals surface area contributed by atoms with E-state index in [1.807, 2.05) is 36.4 Å². The van der Waals surface area contributed by atoms with Crippen LogP contribution in [0.1, 0.15) is 22.3 Å². The number of hydrogen-bond donors (Lipinski definition) is 0. The van der Waals surface area contributed by atoms with Crippen LogP contribution in [-0.2, 0) is 6.42 Å². The first kappa shape index (κ1) is 13.2. The van der Waals surface area contributed by atoms with E-state index in [0.717, 1.165) is 24.0 Å². The smallest absolute Gasteiger partial charge is 0.169 e. The third kappa shape index (κ3) is 2.70. The van der Waals surface area contributed by atoms with E-state index in [2.05, 4.69) is 0 Å². The predicted octanol–water partition coefficient (Wildman–Crippen LogP) is 4.16. The Morgan fingerprint density at radius 3 is 2.85 bits per heavy atom. The van der Waals surface area contributed by atoms with E-state index in [1.54, 1.807) is 12.1 Å². The molecular weight excluding hydrogens is 272 g/mol. The third-order valence-corrected chi connectivity index (χ3v) is 3.90. The Bertz CT molecular complexity index is 636. The Morgan fingerprint density at radius 1 is 1.15 bits per heavy atom. The zero-order valence-electron chi connectivity index (χ0n) is 11.0. The van der Waals surface area contributed by atoms with E-state index in [-0.39, 0.29) is 11.7 Å². The molecule has 1 aliphatic carbocycles. The second kappa shape index (κ2) is 5.68. The molecule has 0 bridgehead atoms. The first-order chi connectivity index (χ1) is 9.74. The quantitative estimate of drug-likeness (QED) is 0.847. The van der Waals surface area contributed by atoms with Gasteiger partial charge >= 0.3 is 0 Å². The zero-order chi connectivity index (χ0) is 13.9. The Balaban J connectivity index is 1.69. The number of ether oxygens (including phenoxy) is 1. The molecule has 2 aromatic rings. The highest BCUT2D eigenvalue weighted by molar-refractivity contribution is 6.30. The predicted molar refractivity (Wildman–Crippen MR) is 79.5 cm³/mol. The minimum atomic E-state index is -0.0659. The van der Waals surface area contributed by atoms with Gasteiger partial charge < -0.3 is 4.74 Å². The van der Waals surface area contributed by atoms with Crippen molar-refractivity contribution in [2.75, 3.05) is 6.61 Å². The molecule has 0 radical (unpaired) electrons. The van der Waals surface area contributed by atoms with E-state index in [9.17, 15) is 4.79 Å². The lowest BCUT2D eigenvalue weighted by Crippen LogP contribution is -2.27. The number of benzene rings is 2. The van der Waals surface area contributed by atoms with Crippen LogP contribution in [0.25, 0.3) is 0 Å². The van der Waals surface area contributed by atoms with Crippen molar-refractivity contribution in [3.8, 4) is 5.75 Å². The number of carbonyl (C=O) groups excluding carboxylic acids is 1. The van der Waals surface area contributed by atoms with Gasteiger partial charge in [-0.25, -0.2) is 0 Å². The van der Waals surface area contributed by atoms with Crippen LogP contribution in [0.4, 0.5) is 0 Å². The highest BCUT2D eigenvalue weighted by Crippen LogP contribution is 2.26. The number of ketones is 1. The summed E-state index contributed by atoms with van der Waals surface area (Å²) in [5.41, 5.74) is 2.00. The monoisotopic (exact) mass is 286 g/mol. The molecule has 3 rings (SSSR count). The van der Waals surface area contributed by atoms with Crippen LogP contribution in [0.5, 0.6) is 5.75 Å². The fourth-order valence-corrected chi connectivity index (χ4v) is 2.75. The number of fused-ring (bicyclic) bond motifs is 1. The Morgan fingerprint density at radius 2 is 2.00 bits per heavy atom. The molecule has 0 heterocycles. The van der Waals surface area contributed by atoms with Crippen molar-refractivity contribution in [1.29, 1.82) is 0 Å². The molecule has 0 fully saturated rings. The van der Waals surface area contributed by atoms with E-state index in [4.69, 9.17) is 16.3 Å². The van der Waals surface area contributed by atoms with Crippen molar-refractivity contribution in [2.45, 2.75) is 12.8 Å². The molecule has 0 aromatic heterocycles. The summed E-state index contributed by atoms with van der Waals surface area (Å²) in [6.45, 7) is 0.410. The molecule has 2 nitrogen and oxygen atoms in total. The van der Waals surface area contributed by atoms with Gasteiger partial charge in [0.05, 0.1) is 12.5 Å². The first-order valence-electron chi connectivity index (χ1n) is 6.74. The van der Waals surface area contributed by atoms with Crippen LogP contribution in [0.3, 0.4) is 0 Å². The van der Waals surface area contributed by atoms with Crippen LogP contribution in [0, 0.1) is 5.92 Å². The van der Waals surface area contributed by atoms with Crippen molar-refractivity contribution in [2.24, 2.45) is 5.92 Å². The van der Waals surface area contributed by atoms with Crippen LogP contribution in [-0.4, -0.2) is 12.4 Å². The van der Waals surface area contributed by atoms with Crippen LogP contribution in [0.15, 0.2) is 48.5 Å². The number of hydrogen-bond acceptors (Lipinski definition) is 2. The molecule has 3 heteroatoms. The molecule has 0 spiro atoms. The lowest BCUT2D eigenvalue weighted by molar-refractivity contribution is 0.0851. The average Bonchev–Trinajstić information content (AvgIpc) is 2.47. The summed E-state index contributed by atoms with van der Waals surface area (Å²) in [6, 6.07) is 15.1. The molecule has 1 unspecified atom stereocenters. The number of rotatable bonds is 3. The number of halogens is 1. The first-order valence-corrected chi connectivity index (χ1v) is 7.12. The molecule has 0 aliphatic heterocycles. The van der Waals surface area contributed by atoms with Gasteiger partial charge in [-0.2, -0.15) is 0 Å². The zero-order valence-corrected chi connectivity index (χ0v) is 11.8. The summed E-state index contributed by atoms with van der Waals surface area (Å²) in [4.78, 5) is 12.4. The van der Waals surface area contributed by atoms with Gasteiger partial charge in [-0.1, -0.05) is 41.9 Å². The van der Waals surface area contributed by atoms with Gasteiger partial charge in [0.2, 0.25) is 0 Å². The maximum absolute atomic E-state index is 12.4. The number of Topliss-reactive ketones (excluding diaryl/α,β-unsaturated/α-hetero) is 1. The van der Waals surface area contributed by atoms with Crippen molar-refractivity contribution >= 4 is 17.4 Å². The molecule has 102 valence electrons. The van der Waals surface area contributed by atoms with Crippen molar-refractivity contribution < 1.29 is 9.53 Å². The molecule has 0 amide bonds. The summed E-state index contributed by atoms with van der Waals surface area (Å²) in [5.74, 6) is 0.835. The van der Waals surface area contributed by atoms with Crippen LogP contribution >= 0.6 is 11.6 Å². The molecule has 0 saturated heterocycles. The maximum Gasteiger partial charge on any atom is 0.169 e. The molecular formula is C17H15ClO2. The standard InChI is InChI=1S/C17H15ClO2/c18-14-5-3-6-15(10-14)20-11-13-9-8-12-4-1-2-7-16(12)17(13)19/h1-7,10,13H,8-9,11H2. The lowest BCUT2D eigenvalue weighted by Gasteiger charge is -2.23. The fourth-order valence-electron chi connectivity index (χ4n) is 2.57. The van der Waals surface area contributed by atoms with Gasteiger partial charge in [-0.3, -0.25) is 4.79 Å². The van der Waals surface area contributed by atoms with E-state index < -0.39 is 0 Å². The minimum absolute atomic E-state index is 0.0659. The minimum Gasteiger partial charge on any atom is -0.493 e. The van der Waals surface area contributed by atoms with E-state index in [1.165, 1.54) is 0 Å².